The van der Waals surface area contributed by atoms with Gasteiger partial charge in [0.1, 0.15) is 17.6 Å². The number of rotatable bonds is 13. The van der Waals surface area contributed by atoms with Gasteiger partial charge in [-0.25, -0.2) is 12.8 Å². The van der Waals surface area contributed by atoms with Gasteiger partial charge in [0.25, 0.3) is 0 Å². The normalized spacial score (nSPS) is 12.9. The first kappa shape index (κ1) is 30.4. The summed E-state index contributed by atoms with van der Waals surface area (Å²) in [5.41, 5.74) is 0.620. The molecule has 0 aliphatic heterocycles. The summed E-state index contributed by atoms with van der Waals surface area (Å²) >= 11 is 6.17. The van der Waals surface area contributed by atoms with Gasteiger partial charge < -0.3 is 15.0 Å². The third kappa shape index (κ3) is 8.60. The van der Waals surface area contributed by atoms with E-state index in [1.165, 1.54) is 24.1 Å². The molecule has 37 heavy (non-hydrogen) atoms. The van der Waals surface area contributed by atoms with Gasteiger partial charge in [0.2, 0.25) is 21.8 Å². The largest absolute Gasteiger partial charge is 0.495 e. The molecule has 0 saturated heterocycles. The number of nitrogens with zero attached hydrogens (tertiary/aromatic N) is 2. The molecule has 2 amide bonds. The van der Waals surface area contributed by atoms with Gasteiger partial charge in [-0.1, -0.05) is 36.7 Å². The average molecular weight is 556 g/mol. The SMILES string of the molecule is CC[C@@H](C)NC(=O)[C@H](C)N(Cc1ccccc1F)C(=O)CCCN(c1ccc(OC)c(Cl)c1)S(C)(=O)=O. The Balaban J connectivity index is 2.21. The van der Waals surface area contributed by atoms with Crippen molar-refractivity contribution in [2.45, 2.75) is 58.7 Å². The lowest BCUT2D eigenvalue weighted by atomic mass is 10.1. The summed E-state index contributed by atoms with van der Waals surface area (Å²) in [6, 6.07) is 9.75. The molecule has 2 atom stereocenters. The topological polar surface area (TPSA) is 96.0 Å². The monoisotopic (exact) mass is 555 g/mol. The average Bonchev–Trinajstić information content (AvgIpc) is 2.84. The van der Waals surface area contributed by atoms with Crippen molar-refractivity contribution < 1.29 is 27.1 Å². The van der Waals surface area contributed by atoms with E-state index >= 15 is 0 Å². The number of carbonyl (C=O) groups is 2. The number of sulfonamides is 1. The molecule has 204 valence electrons. The number of benzene rings is 2. The van der Waals surface area contributed by atoms with Crippen LogP contribution in [0, 0.1) is 5.82 Å². The maximum Gasteiger partial charge on any atom is 0.242 e. The minimum atomic E-state index is -3.68. The van der Waals surface area contributed by atoms with Crippen LogP contribution in [0.2, 0.25) is 5.02 Å². The number of ether oxygens (including phenoxy) is 1. The predicted octanol–water partition coefficient (Wildman–Crippen LogP) is 4.37. The molecule has 0 saturated carbocycles. The number of hydrogen-bond donors (Lipinski definition) is 1. The third-order valence-corrected chi connectivity index (χ3v) is 7.53. The summed E-state index contributed by atoms with van der Waals surface area (Å²) < 4.78 is 45.6. The van der Waals surface area contributed by atoms with E-state index < -0.39 is 27.8 Å². The summed E-state index contributed by atoms with van der Waals surface area (Å²) in [4.78, 5) is 27.4. The highest BCUT2D eigenvalue weighted by molar-refractivity contribution is 7.92. The van der Waals surface area contributed by atoms with Crippen LogP contribution in [0.1, 0.15) is 45.6 Å². The number of carbonyl (C=O) groups excluding carboxylic acids is 2. The molecule has 0 aromatic heterocycles. The Morgan fingerprint density at radius 2 is 1.84 bits per heavy atom. The molecule has 0 aliphatic rings. The molecule has 0 aliphatic carbocycles. The van der Waals surface area contributed by atoms with Gasteiger partial charge in [-0.05, 0) is 51.0 Å². The lowest BCUT2D eigenvalue weighted by molar-refractivity contribution is -0.141. The van der Waals surface area contributed by atoms with Gasteiger partial charge in [0.05, 0.1) is 24.1 Å². The van der Waals surface area contributed by atoms with E-state index in [9.17, 15) is 22.4 Å². The maximum atomic E-state index is 14.4. The zero-order valence-electron chi connectivity index (χ0n) is 21.8. The van der Waals surface area contributed by atoms with Gasteiger partial charge in [-0.3, -0.25) is 13.9 Å². The number of hydrogen-bond acceptors (Lipinski definition) is 5. The maximum absolute atomic E-state index is 14.4. The van der Waals surface area contributed by atoms with E-state index in [0.717, 1.165) is 17.0 Å². The molecule has 8 nitrogen and oxygen atoms in total. The van der Waals surface area contributed by atoms with E-state index in [1.54, 1.807) is 37.3 Å². The van der Waals surface area contributed by atoms with Crippen LogP contribution in [0.25, 0.3) is 0 Å². The second-order valence-corrected chi connectivity index (χ2v) is 11.2. The first-order valence-electron chi connectivity index (χ1n) is 12.0. The summed E-state index contributed by atoms with van der Waals surface area (Å²) in [5, 5.41) is 3.11. The number of amides is 2. The minimum absolute atomic E-state index is 0.00815. The molecule has 2 aromatic rings. The predicted molar refractivity (Wildman–Crippen MR) is 144 cm³/mol. The standard InChI is InChI=1S/C26H35ClFN3O5S/c1-6-18(2)29-26(33)19(3)30(17-20-10-7-8-11-23(20)28)25(32)12-9-15-31(37(5,34)35)21-13-14-24(36-4)22(27)16-21/h7-8,10-11,13-14,16,18-19H,6,9,12,15,17H2,1-5H3,(H,29,33)/t18-,19+/m1/s1. The number of halogens is 2. The number of nitrogens with one attached hydrogen (secondary N) is 1. The van der Waals surface area contributed by atoms with E-state index in [4.69, 9.17) is 16.3 Å². The van der Waals surface area contributed by atoms with Gasteiger partial charge >= 0.3 is 0 Å². The first-order chi connectivity index (χ1) is 17.4. The Hall–Kier alpha value is -2.85. The van der Waals surface area contributed by atoms with Crippen LogP contribution >= 0.6 is 11.6 Å². The fourth-order valence-corrected chi connectivity index (χ4v) is 4.88. The smallest absolute Gasteiger partial charge is 0.242 e. The highest BCUT2D eigenvalue weighted by atomic mass is 35.5. The zero-order valence-corrected chi connectivity index (χ0v) is 23.4. The van der Waals surface area contributed by atoms with Crippen molar-refractivity contribution >= 4 is 39.1 Å². The minimum Gasteiger partial charge on any atom is -0.495 e. The molecule has 11 heteroatoms. The molecule has 0 unspecified atom stereocenters. The molecule has 2 rings (SSSR count). The zero-order chi connectivity index (χ0) is 27.8. The van der Waals surface area contributed by atoms with Crippen LogP contribution in [0.5, 0.6) is 5.75 Å². The van der Waals surface area contributed by atoms with Crippen LogP contribution in [0.4, 0.5) is 10.1 Å². The Morgan fingerprint density at radius 3 is 2.41 bits per heavy atom. The Labute approximate surface area is 223 Å². The van der Waals surface area contributed by atoms with E-state index in [2.05, 4.69) is 5.32 Å². The van der Waals surface area contributed by atoms with Crippen LogP contribution in [-0.2, 0) is 26.2 Å². The summed E-state index contributed by atoms with van der Waals surface area (Å²) in [6.45, 7) is 5.30. The summed E-state index contributed by atoms with van der Waals surface area (Å²) in [7, 11) is -2.22. The van der Waals surface area contributed by atoms with Crippen molar-refractivity contribution in [2.75, 3.05) is 24.2 Å². The van der Waals surface area contributed by atoms with E-state index in [-0.39, 0.29) is 48.5 Å². The van der Waals surface area contributed by atoms with Crippen molar-refractivity contribution in [3.63, 3.8) is 0 Å². The molecule has 0 spiro atoms. The highest BCUT2D eigenvalue weighted by Gasteiger charge is 2.28. The van der Waals surface area contributed by atoms with Gasteiger partial charge in [-0.2, -0.15) is 0 Å². The van der Waals surface area contributed by atoms with E-state index in [1.807, 2.05) is 13.8 Å². The van der Waals surface area contributed by atoms with Crippen molar-refractivity contribution in [1.29, 1.82) is 0 Å². The first-order valence-corrected chi connectivity index (χ1v) is 14.3. The summed E-state index contributed by atoms with van der Waals surface area (Å²) in [6.07, 6.45) is 1.91. The number of methoxy groups -OCH3 is 1. The molecular weight excluding hydrogens is 521 g/mol. The van der Waals surface area contributed by atoms with E-state index in [0.29, 0.717) is 11.4 Å². The second kappa shape index (κ2) is 13.6. The number of anilines is 1. The van der Waals surface area contributed by atoms with Crippen molar-refractivity contribution in [2.24, 2.45) is 0 Å². The lowest BCUT2D eigenvalue weighted by Gasteiger charge is -2.30. The molecule has 0 bridgehead atoms. The van der Waals surface area contributed by atoms with Crippen LogP contribution < -0.4 is 14.4 Å². The molecule has 0 radical (unpaired) electrons. The highest BCUT2D eigenvalue weighted by Crippen LogP contribution is 2.30. The van der Waals surface area contributed by atoms with Gasteiger partial charge in [0.15, 0.2) is 0 Å². The molecule has 0 fully saturated rings. The second-order valence-electron chi connectivity index (χ2n) is 8.86. The van der Waals surface area contributed by atoms with Gasteiger partial charge in [0, 0.05) is 31.1 Å². The van der Waals surface area contributed by atoms with Crippen molar-refractivity contribution in [3.05, 3.63) is 58.9 Å². The Morgan fingerprint density at radius 1 is 1.16 bits per heavy atom. The van der Waals surface area contributed by atoms with Crippen LogP contribution in [0.3, 0.4) is 0 Å². The molecule has 1 N–H and O–H groups in total. The molecule has 2 aromatic carbocycles. The Bertz CT molecular complexity index is 1190. The molecular formula is C26H35ClFN3O5S. The summed E-state index contributed by atoms with van der Waals surface area (Å²) in [5.74, 6) is -0.807. The van der Waals surface area contributed by atoms with Crippen LogP contribution in [-0.4, -0.2) is 57.1 Å². The van der Waals surface area contributed by atoms with Crippen molar-refractivity contribution in [3.8, 4) is 5.75 Å². The van der Waals surface area contributed by atoms with Gasteiger partial charge in [-0.15, -0.1) is 0 Å². The Kier molecular flexibility index (Phi) is 11.2. The van der Waals surface area contributed by atoms with Crippen molar-refractivity contribution in [1.82, 2.24) is 10.2 Å². The third-order valence-electron chi connectivity index (χ3n) is 6.04. The lowest BCUT2D eigenvalue weighted by Crippen LogP contribution is -2.49. The molecule has 0 heterocycles. The quantitative estimate of drug-likeness (QED) is 0.396. The fraction of sp³-hybridized carbons (Fsp3) is 0.462. The van der Waals surface area contributed by atoms with Crippen LogP contribution in [0.15, 0.2) is 42.5 Å². The fourth-order valence-electron chi connectivity index (χ4n) is 3.67.